The molecule has 178 valence electrons. The molecule has 0 atom stereocenters. The van der Waals surface area contributed by atoms with Crippen LogP contribution in [0.2, 0.25) is 0 Å². The molecule has 0 bridgehead atoms. The van der Waals surface area contributed by atoms with Crippen LogP contribution >= 0.6 is 0 Å². The summed E-state index contributed by atoms with van der Waals surface area (Å²) in [5.74, 6) is 2.25. The Kier molecular flexibility index (Phi) is 6.75. The molecule has 7 nitrogen and oxygen atoms in total. The van der Waals surface area contributed by atoms with Gasteiger partial charge >= 0.3 is 0 Å². The first-order chi connectivity index (χ1) is 17.2. The molecule has 1 fully saturated rings. The van der Waals surface area contributed by atoms with Crippen molar-refractivity contribution in [2.24, 2.45) is 0 Å². The zero-order valence-electron chi connectivity index (χ0n) is 19.8. The molecule has 0 spiro atoms. The van der Waals surface area contributed by atoms with E-state index < -0.39 is 0 Å². The smallest absolute Gasteiger partial charge is 0.260 e. The van der Waals surface area contributed by atoms with Crippen LogP contribution in [0.15, 0.2) is 78.9 Å². The number of hydrogen-bond acceptors (Lipinski definition) is 6. The molecular weight excluding hydrogens is 440 g/mol. The average Bonchev–Trinajstić information content (AvgIpc) is 2.92. The zero-order chi connectivity index (χ0) is 24.0. The number of rotatable bonds is 7. The number of amides is 1. The number of benzene rings is 3. The minimum Gasteiger partial charge on any atom is -0.494 e. The van der Waals surface area contributed by atoms with E-state index in [9.17, 15) is 4.79 Å². The monoisotopic (exact) mass is 468 g/mol. The van der Waals surface area contributed by atoms with Crippen molar-refractivity contribution in [3.8, 4) is 22.8 Å². The highest BCUT2D eigenvalue weighted by molar-refractivity contribution is 5.95. The van der Waals surface area contributed by atoms with Gasteiger partial charge in [0.05, 0.1) is 12.3 Å². The Labute approximate surface area is 204 Å². The lowest BCUT2D eigenvalue weighted by Crippen LogP contribution is -2.50. The number of fused-ring (bicyclic) bond motifs is 1. The van der Waals surface area contributed by atoms with E-state index in [4.69, 9.17) is 9.47 Å². The summed E-state index contributed by atoms with van der Waals surface area (Å²) in [5, 5.41) is 11.3. The average molecular weight is 469 g/mol. The maximum atomic E-state index is 12.6. The fourth-order valence-corrected chi connectivity index (χ4v) is 4.31. The third-order valence-electron chi connectivity index (χ3n) is 6.17. The quantitative estimate of drug-likeness (QED) is 0.400. The molecule has 5 rings (SSSR count). The summed E-state index contributed by atoms with van der Waals surface area (Å²) in [6.45, 7) is 5.24. The summed E-state index contributed by atoms with van der Waals surface area (Å²) in [6, 6.07) is 25.9. The number of carbonyl (C=O) groups is 1. The van der Waals surface area contributed by atoms with Gasteiger partial charge in [-0.2, -0.15) is 0 Å². The van der Waals surface area contributed by atoms with Gasteiger partial charge in [0.2, 0.25) is 0 Å². The molecule has 2 heterocycles. The van der Waals surface area contributed by atoms with Crippen LogP contribution in [0.5, 0.6) is 11.5 Å². The van der Waals surface area contributed by atoms with E-state index in [1.165, 1.54) is 5.39 Å². The highest BCUT2D eigenvalue weighted by atomic mass is 16.5. The molecule has 1 amide bonds. The molecule has 1 aromatic heterocycles. The molecule has 0 aliphatic carbocycles. The van der Waals surface area contributed by atoms with Crippen molar-refractivity contribution in [3.05, 3.63) is 78.9 Å². The highest BCUT2D eigenvalue weighted by Gasteiger charge is 2.22. The molecule has 1 aliphatic heterocycles. The topological polar surface area (TPSA) is 67.8 Å². The number of ether oxygens (including phenoxy) is 2. The fourth-order valence-electron chi connectivity index (χ4n) is 4.31. The zero-order valence-corrected chi connectivity index (χ0v) is 19.8. The number of nitrogens with zero attached hydrogens (tertiary/aromatic N) is 4. The molecule has 1 saturated heterocycles. The van der Waals surface area contributed by atoms with Crippen LogP contribution < -0.4 is 14.4 Å². The summed E-state index contributed by atoms with van der Waals surface area (Å²) in [7, 11) is 0. The largest absolute Gasteiger partial charge is 0.494 e. The number of piperazine rings is 1. The van der Waals surface area contributed by atoms with E-state index in [2.05, 4.69) is 39.4 Å². The molecule has 0 radical (unpaired) electrons. The second kappa shape index (κ2) is 10.4. The van der Waals surface area contributed by atoms with Crippen LogP contribution in [0, 0.1) is 0 Å². The van der Waals surface area contributed by atoms with Crippen molar-refractivity contribution in [2.75, 3.05) is 44.3 Å². The second-order valence-corrected chi connectivity index (χ2v) is 8.36. The lowest BCUT2D eigenvalue weighted by Gasteiger charge is -2.35. The molecule has 0 N–H and O–H groups in total. The Morgan fingerprint density at radius 3 is 2.23 bits per heavy atom. The van der Waals surface area contributed by atoms with Gasteiger partial charge < -0.3 is 19.3 Å². The van der Waals surface area contributed by atoms with Gasteiger partial charge in [-0.25, -0.2) is 0 Å². The van der Waals surface area contributed by atoms with Gasteiger partial charge in [-0.15, -0.1) is 10.2 Å². The summed E-state index contributed by atoms with van der Waals surface area (Å²) in [4.78, 5) is 16.6. The molecule has 35 heavy (non-hydrogen) atoms. The van der Waals surface area contributed by atoms with Crippen molar-refractivity contribution in [1.82, 2.24) is 15.1 Å². The van der Waals surface area contributed by atoms with Gasteiger partial charge in [-0.1, -0.05) is 42.5 Å². The first-order valence-electron chi connectivity index (χ1n) is 11.9. The van der Waals surface area contributed by atoms with Crippen LogP contribution in [-0.4, -0.2) is 60.4 Å². The first kappa shape index (κ1) is 22.7. The Hall–Kier alpha value is -4.13. The summed E-state index contributed by atoms with van der Waals surface area (Å²) < 4.78 is 11.1. The standard InChI is InChI=1S/C28H28N4O3/c1-2-34-22-10-12-23(13-11-22)35-20-28(33)32-18-16-31(17-19-32)27-15-14-26(29-30-27)25-9-5-7-21-6-3-4-8-24(21)25/h3-15H,2,16-20H2,1H3. The number of anilines is 1. The second-order valence-electron chi connectivity index (χ2n) is 8.36. The van der Waals surface area contributed by atoms with E-state index in [-0.39, 0.29) is 12.5 Å². The maximum absolute atomic E-state index is 12.6. The van der Waals surface area contributed by atoms with Gasteiger partial charge in [0.1, 0.15) is 11.5 Å². The van der Waals surface area contributed by atoms with Gasteiger partial charge in [-0.3, -0.25) is 4.79 Å². The van der Waals surface area contributed by atoms with E-state index in [0.29, 0.717) is 38.5 Å². The van der Waals surface area contributed by atoms with Crippen molar-refractivity contribution in [3.63, 3.8) is 0 Å². The van der Waals surface area contributed by atoms with Crippen molar-refractivity contribution >= 4 is 22.5 Å². The number of carbonyl (C=O) groups excluding carboxylic acids is 1. The normalized spacial score (nSPS) is 13.6. The van der Waals surface area contributed by atoms with Crippen LogP contribution in [-0.2, 0) is 4.79 Å². The number of hydrogen-bond donors (Lipinski definition) is 0. The van der Waals surface area contributed by atoms with Crippen LogP contribution in [0.3, 0.4) is 0 Å². The molecule has 1 aliphatic rings. The lowest BCUT2D eigenvalue weighted by atomic mass is 10.0. The SMILES string of the molecule is CCOc1ccc(OCC(=O)N2CCN(c3ccc(-c4cccc5ccccc45)nn3)CC2)cc1. The minimum atomic E-state index is -0.0177. The molecule has 4 aromatic rings. The van der Waals surface area contributed by atoms with E-state index in [1.54, 1.807) is 0 Å². The molecular formula is C28H28N4O3. The van der Waals surface area contributed by atoms with E-state index in [1.807, 2.05) is 66.4 Å². The van der Waals surface area contributed by atoms with Gasteiger partial charge in [0, 0.05) is 31.7 Å². The van der Waals surface area contributed by atoms with Gasteiger partial charge in [-0.05, 0) is 54.1 Å². The van der Waals surface area contributed by atoms with Crippen molar-refractivity contribution in [2.45, 2.75) is 6.92 Å². The van der Waals surface area contributed by atoms with Crippen molar-refractivity contribution in [1.29, 1.82) is 0 Å². The molecule has 0 unspecified atom stereocenters. The van der Waals surface area contributed by atoms with Crippen LogP contribution in [0.25, 0.3) is 22.0 Å². The Morgan fingerprint density at radius 1 is 0.800 bits per heavy atom. The molecule has 7 heteroatoms. The van der Waals surface area contributed by atoms with Gasteiger partial charge in [0.15, 0.2) is 12.4 Å². The summed E-state index contributed by atoms with van der Waals surface area (Å²) in [5.41, 5.74) is 1.93. The first-order valence-corrected chi connectivity index (χ1v) is 11.9. The Balaban J connectivity index is 1.15. The summed E-state index contributed by atoms with van der Waals surface area (Å²) in [6.07, 6.45) is 0. The number of aromatic nitrogens is 2. The third-order valence-corrected chi connectivity index (χ3v) is 6.17. The molecule has 3 aromatic carbocycles. The van der Waals surface area contributed by atoms with E-state index in [0.717, 1.165) is 28.2 Å². The maximum Gasteiger partial charge on any atom is 0.260 e. The fraction of sp³-hybridized carbons (Fsp3) is 0.250. The van der Waals surface area contributed by atoms with Crippen LogP contribution in [0.4, 0.5) is 5.82 Å². The minimum absolute atomic E-state index is 0.0177. The van der Waals surface area contributed by atoms with Crippen LogP contribution in [0.1, 0.15) is 6.92 Å². The Morgan fingerprint density at radius 2 is 1.51 bits per heavy atom. The lowest BCUT2D eigenvalue weighted by molar-refractivity contribution is -0.133. The van der Waals surface area contributed by atoms with E-state index >= 15 is 0 Å². The predicted octanol–water partition coefficient (Wildman–Crippen LogP) is 4.42. The highest BCUT2D eigenvalue weighted by Crippen LogP contribution is 2.27. The van der Waals surface area contributed by atoms with Gasteiger partial charge in [0.25, 0.3) is 5.91 Å². The summed E-state index contributed by atoms with van der Waals surface area (Å²) >= 11 is 0. The Bertz CT molecular complexity index is 1280. The predicted molar refractivity (Wildman–Crippen MR) is 137 cm³/mol. The third kappa shape index (κ3) is 5.19. The van der Waals surface area contributed by atoms with Crippen molar-refractivity contribution < 1.29 is 14.3 Å². The molecule has 0 saturated carbocycles.